The Morgan fingerprint density at radius 1 is 0.383 bits per heavy atom. The average molecular weight is 1150 g/mol. The van der Waals surface area contributed by atoms with E-state index in [1.807, 2.05) is 12.2 Å². The lowest BCUT2D eigenvalue weighted by Crippen LogP contribution is -2.46. The van der Waals surface area contributed by atoms with Crippen LogP contribution in [0.5, 0.6) is 0 Å². The largest absolute Gasteiger partial charge is 0.455 e. The summed E-state index contributed by atoms with van der Waals surface area (Å²) in [6, 6.07) is 0. The van der Waals surface area contributed by atoms with E-state index in [2.05, 4.69) is 78.7 Å². The molecule has 0 aliphatic heterocycles. The normalized spacial score (nSPS) is 13.7. The van der Waals surface area contributed by atoms with Gasteiger partial charge in [-0.15, -0.1) is 0 Å². The van der Waals surface area contributed by atoms with Gasteiger partial charge in [0.15, 0.2) is 13.1 Å². The second-order valence-electron chi connectivity index (χ2n) is 25.6. The molecule has 0 rings (SSSR count). The number of nitrogens with one attached hydrogen (secondary N) is 2. The number of likely N-dealkylation sites (N-methyl/N-ethyl adjacent to an activating group) is 2. The van der Waals surface area contributed by atoms with Crippen LogP contribution < -0.4 is 10.6 Å². The van der Waals surface area contributed by atoms with Crippen LogP contribution in [0.4, 0.5) is 0 Å². The number of quaternary nitrogens is 2. The van der Waals surface area contributed by atoms with E-state index in [-0.39, 0.29) is 23.8 Å². The molecule has 12 heteroatoms. The van der Waals surface area contributed by atoms with Crippen molar-refractivity contribution in [3.05, 3.63) is 24.3 Å². The third-order valence-corrected chi connectivity index (χ3v) is 16.1. The molecule has 4 unspecified atom stereocenters. The van der Waals surface area contributed by atoms with Crippen LogP contribution in [0, 0.1) is 0 Å². The van der Waals surface area contributed by atoms with Gasteiger partial charge in [0.2, 0.25) is 11.8 Å². The summed E-state index contributed by atoms with van der Waals surface area (Å²) in [7, 11) is 8.43. The molecule has 12 nitrogen and oxygen atoms in total. The smallest absolute Gasteiger partial charge is 0.362 e. The van der Waals surface area contributed by atoms with Gasteiger partial charge in [0.05, 0.1) is 53.5 Å². The van der Waals surface area contributed by atoms with Gasteiger partial charge in [0.25, 0.3) is 0 Å². The Hall–Kier alpha value is -2.80. The quantitative estimate of drug-likeness (QED) is 0.0203. The van der Waals surface area contributed by atoms with Crippen LogP contribution in [-0.4, -0.2) is 135 Å². The van der Waals surface area contributed by atoms with Crippen LogP contribution in [-0.2, 0) is 28.7 Å². The third-order valence-electron chi connectivity index (χ3n) is 16.1. The highest BCUT2D eigenvalue weighted by Gasteiger charge is 2.28. The van der Waals surface area contributed by atoms with Crippen LogP contribution in [0.25, 0.3) is 0 Å². The number of nitrogens with zero attached hydrogens (tertiary/aromatic N) is 2. The van der Waals surface area contributed by atoms with Crippen molar-refractivity contribution in [2.75, 3.05) is 67.5 Å². The van der Waals surface area contributed by atoms with Crippen LogP contribution >= 0.6 is 0 Å². The number of aliphatic hydroxyl groups excluding tert-OH is 2. The first kappa shape index (κ1) is 78.2. The standard InChI is InChI=1S/C69H132N4O8/c1-9-13-17-19-21-23-28-34-40-48-59-73(7,8)61-69(79)81-65(53-42-16-12-4)63(75)51-44-36-30-25-27-32-38-46-55-67(77)71-57-49-56-70-66(76)54-45-37-31-26-24-29-35-43-50-62(74)64(52-41-15-11-3)80-68(78)60-72(5,6)58-47-39-33-22-20-18-14-10-2/h35-36,43-44,62-65,74-75H,9-34,37-42,45-61H2,1-8H3/p+2/b43-35-,44-36+. The van der Waals surface area contributed by atoms with Gasteiger partial charge in [0.1, 0.15) is 12.2 Å². The molecule has 0 fully saturated rings. The number of carbonyl (C=O) groups is 4. The van der Waals surface area contributed by atoms with Gasteiger partial charge in [-0.05, 0) is 109 Å². The molecule has 4 atom stereocenters. The van der Waals surface area contributed by atoms with E-state index < -0.39 is 24.4 Å². The van der Waals surface area contributed by atoms with E-state index >= 15 is 0 Å². The molecule has 0 aliphatic rings. The summed E-state index contributed by atoms with van der Waals surface area (Å²) in [5.74, 6) is -0.273. The minimum atomic E-state index is -0.699. The van der Waals surface area contributed by atoms with Crippen LogP contribution in [0.3, 0.4) is 0 Å². The van der Waals surface area contributed by atoms with Crippen molar-refractivity contribution >= 4 is 23.8 Å². The summed E-state index contributed by atoms with van der Waals surface area (Å²) in [4.78, 5) is 50.9. The Labute approximate surface area is 500 Å². The summed E-state index contributed by atoms with van der Waals surface area (Å²) in [6.07, 6.45) is 51.7. The van der Waals surface area contributed by atoms with Gasteiger partial charge < -0.3 is 39.3 Å². The number of hydrogen-bond donors (Lipinski definition) is 4. The Bertz CT molecular complexity index is 1540. The molecule has 0 aliphatic carbocycles. The number of amides is 2. The molecule has 4 N–H and O–H groups in total. The third kappa shape index (κ3) is 52.5. The Morgan fingerprint density at radius 3 is 1.02 bits per heavy atom. The summed E-state index contributed by atoms with van der Waals surface area (Å²) < 4.78 is 13.1. The van der Waals surface area contributed by atoms with Gasteiger partial charge in [-0.25, -0.2) is 9.59 Å². The Balaban J connectivity index is 4.12. The monoisotopic (exact) mass is 1150 g/mol. The molecule has 81 heavy (non-hydrogen) atoms. The molecule has 0 saturated carbocycles. The topological polar surface area (TPSA) is 151 Å². The van der Waals surface area contributed by atoms with Crippen molar-refractivity contribution in [2.24, 2.45) is 0 Å². The van der Waals surface area contributed by atoms with Crippen LogP contribution in [0.2, 0.25) is 0 Å². The lowest BCUT2D eigenvalue weighted by atomic mass is 10.0. The van der Waals surface area contributed by atoms with Crippen molar-refractivity contribution in [3.63, 3.8) is 0 Å². The van der Waals surface area contributed by atoms with Crippen molar-refractivity contribution in [2.45, 2.75) is 328 Å². The van der Waals surface area contributed by atoms with Gasteiger partial charge in [-0.2, -0.15) is 0 Å². The first-order valence-corrected chi connectivity index (χ1v) is 34.3. The number of ether oxygens (including phenoxy) is 2. The molecule has 0 aromatic heterocycles. The second kappa shape index (κ2) is 55.1. The number of esters is 2. The summed E-state index contributed by atoms with van der Waals surface area (Å²) >= 11 is 0. The van der Waals surface area contributed by atoms with Crippen molar-refractivity contribution in [1.82, 2.24) is 10.6 Å². The van der Waals surface area contributed by atoms with E-state index in [1.54, 1.807) is 0 Å². The number of unbranched alkanes of at least 4 members (excludes halogenated alkanes) is 30. The Morgan fingerprint density at radius 2 is 0.679 bits per heavy atom. The molecule has 0 heterocycles. The fourth-order valence-electron chi connectivity index (χ4n) is 10.7. The number of aliphatic hydroxyl groups is 2. The summed E-state index contributed by atoms with van der Waals surface area (Å²) in [6.45, 7) is 12.5. The average Bonchev–Trinajstić information content (AvgIpc) is 3.42. The van der Waals surface area contributed by atoms with Gasteiger partial charge in [-0.1, -0.05) is 206 Å². The van der Waals surface area contributed by atoms with E-state index in [0.717, 1.165) is 148 Å². The van der Waals surface area contributed by atoms with Crippen LogP contribution in [0.1, 0.15) is 304 Å². The molecule has 0 saturated heterocycles. The lowest BCUT2D eigenvalue weighted by molar-refractivity contribution is -0.883. The van der Waals surface area contributed by atoms with Crippen molar-refractivity contribution in [3.8, 4) is 0 Å². The van der Waals surface area contributed by atoms with Gasteiger partial charge >= 0.3 is 11.9 Å². The van der Waals surface area contributed by atoms with E-state index in [1.165, 1.54) is 103 Å². The molecule has 0 aromatic rings. The number of hydrogen-bond acceptors (Lipinski definition) is 8. The SMILES string of the molecule is CCCCCCCCCCCC[N+](C)(C)CC(=O)OC(CCCCC)C(O)C/C=C/CCCCCCCC(=O)NCCCNC(=O)CCCCCCC/C=C\CC(O)C(CCCCC)OC(=O)C[N+](C)(C)CCCCCCCCCC. The Kier molecular flexibility index (Phi) is 53.2. The zero-order valence-electron chi connectivity index (χ0n) is 54.5. The second-order valence-corrected chi connectivity index (χ2v) is 25.6. The van der Waals surface area contributed by atoms with Crippen LogP contribution in [0.15, 0.2) is 24.3 Å². The van der Waals surface area contributed by atoms with Crippen molar-refractivity contribution < 1.29 is 47.8 Å². The highest BCUT2D eigenvalue weighted by atomic mass is 16.6. The first-order valence-electron chi connectivity index (χ1n) is 34.3. The summed E-state index contributed by atoms with van der Waals surface area (Å²) in [5, 5.41) is 28.1. The molecular formula is C69H134N4O8+2. The molecule has 0 radical (unpaired) electrons. The fraction of sp³-hybridized carbons (Fsp3) is 0.884. The first-order chi connectivity index (χ1) is 39.1. The van der Waals surface area contributed by atoms with E-state index in [4.69, 9.17) is 9.47 Å². The van der Waals surface area contributed by atoms with Gasteiger partial charge in [-0.3, -0.25) is 9.59 Å². The number of rotatable bonds is 60. The summed E-state index contributed by atoms with van der Waals surface area (Å²) in [5.41, 5.74) is 0. The van der Waals surface area contributed by atoms with Gasteiger partial charge in [0, 0.05) is 25.9 Å². The maximum atomic E-state index is 13.1. The maximum absolute atomic E-state index is 13.1. The minimum absolute atomic E-state index is 0.0734. The van der Waals surface area contributed by atoms with E-state index in [0.29, 0.717) is 73.7 Å². The van der Waals surface area contributed by atoms with Crippen molar-refractivity contribution in [1.29, 1.82) is 0 Å². The highest BCUT2D eigenvalue weighted by Crippen LogP contribution is 2.19. The molecule has 0 spiro atoms. The zero-order valence-corrected chi connectivity index (χ0v) is 54.5. The highest BCUT2D eigenvalue weighted by molar-refractivity contribution is 5.76. The predicted octanol–water partition coefficient (Wildman–Crippen LogP) is 15.9. The molecule has 2 amide bonds. The molecule has 0 aromatic carbocycles. The fourth-order valence-corrected chi connectivity index (χ4v) is 10.7. The molecule has 476 valence electrons. The predicted molar refractivity (Wildman–Crippen MR) is 341 cm³/mol. The lowest BCUT2D eigenvalue weighted by Gasteiger charge is -2.30. The minimum Gasteiger partial charge on any atom is -0.455 e. The number of allylic oxidation sites excluding steroid dienone is 2. The number of carbonyl (C=O) groups excluding carboxylic acids is 4. The van der Waals surface area contributed by atoms with E-state index in [9.17, 15) is 29.4 Å². The zero-order chi connectivity index (χ0) is 59.9. The maximum Gasteiger partial charge on any atom is 0.362 e. The molecular weight excluding hydrogens is 1010 g/mol. The molecule has 0 bridgehead atoms.